The van der Waals surface area contributed by atoms with Gasteiger partial charge in [0.25, 0.3) is 0 Å². The highest BCUT2D eigenvalue weighted by Gasteiger charge is 2.25. The number of carbonyl (C=O) groups is 4. The van der Waals surface area contributed by atoms with Gasteiger partial charge in [-0.15, -0.1) is 0 Å². The van der Waals surface area contributed by atoms with Crippen molar-refractivity contribution in [3.8, 4) is 0 Å². The zero-order valence-corrected chi connectivity index (χ0v) is 56.0. The second-order valence-corrected chi connectivity index (χ2v) is 25.8. The number of nitrogens with zero attached hydrogens (tertiary/aromatic N) is 4. The molecule has 93 heavy (non-hydrogen) atoms. The lowest BCUT2D eigenvalue weighted by Gasteiger charge is -2.19. The first-order valence-electron chi connectivity index (χ1n) is 31.1. The first-order chi connectivity index (χ1) is 43.7. The number of rotatable bonds is 16. The lowest BCUT2D eigenvalue weighted by Crippen LogP contribution is -2.24. The highest BCUT2D eigenvalue weighted by Crippen LogP contribution is 2.40. The second kappa shape index (κ2) is 27.8. The molecule has 10 rings (SSSR count). The average molecular weight is 1260 g/mol. The van der Waals surface area contributed by atoms with Gasteiger partial charge in [0.1, 0.15) is 5.60 Å². The Morgan fingerprint density at radius 1 is 0.409 bits per heavy atom. The van der Waals surface area contributed by atoms with Crippen molar-refractivity contribution in [1.82, 2.24) is 39.9 Å². The molecule has 10 heterocycles. The Morgan fingerprint density at radius 3 is 1.06 bits per heavy atom. The maximum atomic E-state index is 12.8. The molecule has 17 heteroatoms. The molecule has 4 aliphatic rings. The largest absolute Gasteiger partial charge is 0.481 e. The summed E-state index contributed by atoms with van der Waals surface area (Å²) in [5, 5.41) is 37.0. The highest BCUT2D eigenvalue weighted by molar-refractivity contribution is 6.01. The molecule has 4 aliphatic heterocycles. The smallest absolute Gasteiger partial charge is 0.306 e. The van der Waals surface area contributed by atoms with Crippen molar-refractivity contribution in [3.05, 3.63) is 177 Å². The third-order valence-corrected chi connectivity index (χ3v) is 16.9. The number of nitrogens with one attached hydrogen (secondary N) is 4. The molecular weight excluding hydrogens is 1170 g/mol. The van der Waals surface area contributed by atoms with Gasteiger partial charge in [0.15, 0.2) is 0 Å². The number of aryl methyl sites for hydroxylation is 6. The molecule has 484 valence electrons. The molecule has 16 bridgehead atoms. The van der Waals surface area contributed by atoms with Crippen molar-refractivity contribution in [1.29, 1.82) is 0 Å². The number of aliphatic hydroxyl groups is 1. The van der Waals surface area contributed by atoms with Gasteiger partial charge in [-0.2, -0.15) is 0 Å². The molecule has 0 saturated carbocycles. The van der Waals surface area contributed by atoms with Gasteiger partial charge in [0.05, 0.1) is 51.2 Å². The Hall–Kier alpha value is -10.0. The van der Waals surface area contributed by atoms with Gasteiger partial charge in [0, 0.05) is 92.1 Å². The van der Waals surface area contributed by atoms with E-state index in [9.17, 15) is 34.5 Å². The molecule has 0 amide bonds. The number of carbonyl (C=O) groups excluding carboxylic acids is 1. The minimum Gasteiger partial charge on any atom is -0.481 e. The molecule has 0 atom stereocenters. The number of carboxylic acids is 3. The van der Waals surface area contributed by atoms with Crippen LogP contribution in [0.25, 0.3) is 101 Å². The Balaban J connectivity index is 0.000000223. The predicted octanol–water partition coefficient (Wildman–Crippen LogP) is 17.0. The molecule has 0 fully saturated rings. The molecule has 0 unspecified atom stereocenters. The molecule has 6 aromatic rings. The predicted molar refractivity (Wildman–Crippen MR) is 377 cm³/mol. The van der Waals surface area contributed by atoms with E-state index in [1.54, 1.807) is 20.8 Å². The number of aliphatic carboxylic acids is 3. The molecule has 8 N–H and O–H groups in total. The van der Waals surface area contributed by atoms with Crippen LogP contribution in [-0.2, 0) is 36.8 Å². The number of aromatic amines is 4. The number of H-pyrrole nitrogens is 4. The Labute approximate surface area is 543 Å². The molecule has 0 radical (unpaired) electrons. The average Bonchev–Trinajstić information content (AvgIpc) is 1.63. The fourth-order valence-corrected chi connectivity index (χ4v) is 11.9. The van der Waals surface area contributed by atoms with E-state index < -0.39 is 29.1 Å². The third-order valence-electron chi connectivity index (χ3n) is 16.9. The van der Waals surface area contributed by atoms with E-state index in [1.807, 2.05) is 136 Å². The monoisotopic (exact) mass is 1250 g/mol. The van der Waals surface area contributed by atoms with Gasteiger partial charge in [-0.05, 0) is 238 Å². The third kappa shape index (κ3) is 15.7. The molecule has 6 aromatic heterocycles. The Morgan fingerprint density at radius 2 is 0.720 bits per heavy atom. The number of allylic oxidation sites excluding steroid dienone is 10. The maximum Gasteiger partial charge on any atom is 0.306 e. The van der Waals surface area contributed by atoms with E-state index in [2.05, 4.69) is 59.2 Å². The number of carboxylic acid groups (broad SMARTS) is 3. The van der Waals surface area contributed by atoms with Gasteiger partial charge < -0.3 is 45.1 Å². The summed E-state index contributed by atoms with van der Waals surface area (Å²) >= 11 is 0. The first kappa shape index (κ1) is 68.9. The fraction of sp³-hybridized carbons (Fsp3) is 0.316. The van der Waals surface area contributed by atoms with Crippen LogP contribution in [0.5, 0.6) is 0 Å². The Bertz CT molecular complexity index is 4620. The number of aromatic nitrogens is 8. The topological polar surface area (TPSA) is 273 Å². The summed E-state index contributed by atoms with van der Waals surface area (Å²) in [6.07, 6.45) is 8.88. The molecule has 0 spiro atoms. The summed E-state index contributed by atoms with van der Waals surface area (Å²) in [6.45, 7) is 43.1. The summed E-state index contributed by atoms with van der Waals surface area (Å²) in [5.41, 5.74) is 26.8. The van der Waals surface area contributed by atoms with Crippen LogP contribution < -0.4 is 0 Å². The van der Waals surface area contributed by atoms with Crippen molar-refractivity contribution in [2.45, 2.75) is 160 Å². The molecular formula is C76H86N8O9. The van der Waals surface area contributed by atoms with Crippen LogP contribution in [0.2, 0.25) is 0 Å². The number of fused-ring (bicyclic) bond motifs is 16. The molecule has 0 aliphatic carbocycles. The second-order valence-electron chi connectivity index (χ2n) is 25.8. The van der Waals surface area contributed by atoms with Gasteiger partial charge >= 0.3 is 23.9 Å². The van der Waals surface area contributed by atoms with E-state index in [4.69, 9.17) is 29.8 Å². The summed E-state index contributed by atoms with van der Waals surface area (Å²) in [7, 11) is 0. The number of esters is 1. The summed E-state index contributed by atoms with van der Waals surface area (Å²) in [5.74, 6) is -2.91. The fourth-order valence-electron chi connectivity index (χ4n) is 11.9. The lowest BCUT2D eigenvalue weighted by molar-refractivity contribution is -0.154. The first-order valence-corrected chi connectivity index (χ1v) is 31.1. The van der Waals surface area contributed by atoms with Crippen LogP contribution in [-0.4, -0.2) is 95.4 Å². The minimum absolute atomic E-state index is 0.0207. The molecule has 17 nitrogen and oxygen atoms in total. The lowest BCUT2D eigenvalue weighted by atomic mass is 10.00. The maximum absolute atomic E-state index is 12.8. The van der Waals surface area contributed by atoms with Gasteiger partial charge in [-0.3, -0.25) is 19.2 Å². The van der Waals surface area contributed by atoms with Crippen molar-refractivity contribution in [2.24, 2.45) is 0 Å². The number of hydrogen-bond donors (Lipinski definition) is 8. The van der Waals surface area contributed by atoms with Crippen LogP contribution in [0.15, 0.2) is 87.0 Å². The molecule has 0 aromatic carbocycles. The van der Waals surface area contributed by atoms with Gasteiger partial charge in [-0.1, -0.05) is 50.6 Å². The van der Waals surface area contributed by atoms with E-state index in [-0.39, 0.29) is 31.7 Å². The Kier molecular flexibility index (Phi) is 20.6. The highest BCUT2D eigenvalue weighted by atomic mass is 16.6. The zero-order valence-electron chi connectivity index (χ0n) is 56.0. The van der Waals surface area contributed by atoms with Crippen LogP contribution >= 0.6 is 0 Å². The zero-order chi connectivity index (χ0) is 68.3. The van der Waals surface area contributed by atoms with Gasteiger partial charge in [-0.25, -0.2) is 19.9 Å². The van der Waals surface area contributed by atoms with Crippen molar-refractivity contribution >= 4 is 125 Å². The van der Waals surface area contributed by atoms with Crippen LogP contribution in [0.1, 0.15) is 198 Å². The summed E-state index contributed by atoms with van der Waals surface area (Å²) in [6, 6.07) is 15.9. The van der Waals surface area contributed by atoms with Crippen LogP contribution in [0.3, 0.4) is 0 Å². The van der Waals surface area contributed by atoms with E-state index >= 15 is 0 Å². The summed E-state index contributed by atoms with van der Waals surface area (Å²) in [4.78, 5) is 81.6. The molecule has 0 saturated heterocycles. The van der Waals surface area contributed by atoms with Crippen molar-refractivity contribution in [3.63, 3.8) is 0 Å². The number of hydrogen-bond acceptors (Lipinski definition) is 10. The standard InChI is InChI=1S/C38H42N4O4.C34H34N4O4.C4H10O/c1-10-24-20(3)28-16-29-22(5)26(12-14-36(43)44)34(41-29)19-35-27(13-15-37(45)46-38(7,8)9)23(6)31(42-35)18-33-25(11-2)21(4)30(40-33)17-32(24)39-28;1-7-21-17(3)25-13-26-19(5)23(9-11-33(39)40)31(37-26)16-32-24(10-12-34(41)42)20(6)28(38-32)15-30-22(8-2)18(4)27(36-30)14-29(21)35-25;1-4(2,3)5/h10-11,16-19,40,42H,1-2,12-15H2,3-9H3,(H,43,44);7-8,13-16,36,38H,1-2,9-12H2,3-6H3,(H,39,40)(H,41,42);5H,1-3H3. The van der Waals surface area contributed by atoms with E-state index in [0.29, 0.717) is 42.8 Å². The SMILES string of the molecule is C=CC1=C(C)c2cc3nc(cc4[nH]c(cc5[nH]c(cc1n2)c(C)c5C=C)c(C)c4CCC(=O)O)C(CCC(=O)O)=C3C.C=CC1=C(C)c2cc3nc(cc4[nH]c(cc5[nH]c(cc1n2)c(C)c5C=C)c(C)c4CCC(=O)OC(C)(C)C)C(CCC(=O)O)=C3C.CC(C)(C)O. The minimum atomic E-state index is -0.886. The quantitative estimate of drug-likeness (QED) is 0.0419. The normalized spacial score (nSPS) is 13.1. The number of ether oxygens (including phenoxy) is 1. The van der Waals surface area contributed by atoms with Crippen LogP contribution in [0.4, 0.5) is 0 Å². The van der Waals surface area contributed by atoms with E-state index in [1.165, 1.54) is 0 Å². The summed E-state index contributed by atoms with van der Waals surface area (Å²) < 4.78 is 5.61. The van der Waals surface area contributed by atoms with Crippen LogP contribution in [0, 0.1) is 27.7 Å². The van der Waals surface area contributed by atoms with Crippen molar-refractivity contribution < 1.29 is 44.3 Å². The van der Waals surface area contributed by atoms with E-state index in [0.717, 1.165) is 162 Å². The van der Waals surface area contributed by atoms with Crippen molar-refractivity contribution in [2.75, 3.05) is 0 Å². The van der Waals surface area contributed by atoms with Gasteiger partial charge in [0.2, 0.25) is 0 Å².